The summed E-state index contributed by atoms with van der Waals surface area (Å²) in [5.74, 6) is 1.32. The zero-order valence-corrected chi connectivity index (χ0v) is 21.1. The van der Waals surface area contributed by atoms with Crippen LogP contribution in [-0.2, 0) is 0 Å². The Morgan fingerprint density at radius 2 is 1.57 bits per heavy atom. The molecule has 180 valence electrons. The Balaban J connectivity index is 1.32. The van der Waals surface area contributed by atoms with Crippen molar-refractivity contribution < 1.29 is 4.79 Å². The third-order valence-electron chi connectivity index (χ3n) is 6.42. The summed E-state index contributed by atoms with van der Waals surface area (Å²) in [6.07, 6.45) is 3.57. The molecule has 0 bridgehead atoms. The van der Waals surface area contributed by atoms with Crippen LogP contribution in [0.5, 0.6) is 0 Å². The Morgan fingerprint density at radius 1 is 0.914 bits per heavy atom. The first kappa shape index (κ1) is 23.6. The molecular weight excluding hydrogens is 483 g/mol. The van der Waals surface area contributed by atoms with Gasteiger partial charge in [0.15, 0.2) is 5.65 Å². The Bertz CT molecular complexity index is 1390. The molecule has 2 N–H and O–H groups in total. The van der Waals surface area contributed by atoms with Crippen molar-refractivity contribution in [1.29, 1.82) is 0 Å². The topological polar surface area (TPSA) is 84.7 Å². The summed E-state index contributed by atoms with van der Waals surface area (Å²) in [6.45, 7) is 3.84. The number of aromatic nitrogens is 4. The number of para-hydroxylation sites is 1. The van der Waals surface area contributed by atoms with Crippen LogP contribution >= 0.6 is 23.2 Å². The van der Waals surface area contributed by atoms with E-state index in [9.17, 15) is 4.79 Å². The molecule has 0 unspecified atom stereocenters. The number of carbonyl (C=O) groups is 1. The van der Waals surface area contributed by atoms with Crippen LogP contribution in [0, 0.1) is 13.8 Å². The SMILES string of the molecule is Cc1nc(NC2CCC(NC(=O)c3ccccc3Cl)CC2)c2c(C)nn(-c3ccccc3Cl)c2n1. The molecule has 1 aliphatic rings. The quantitative estimate of drug-likeness (QED) is 0.350. The lowest BCUT2D eigenvalue weighted by Gasteiger charge is -2.30. The number of nitrogens with one attached hydrogen (secondary N) is 2. The van der Waals surface area contributed by atoms with E-state index in [0.29, 0.717) is 21.4 Å². The summed E-state index contributed by atoms with van der Waals surface area (Å²) in [6, 6.07) is 15.1. The fourth-order valence-corrected chi connectivity index (χ4v) is 5.11. The lowest BCUT2D eigenvalue weighted by molar-refractivity contribution is 0.0926. The van der Waals surface area contributed by atoms with E-state index >= 15 is 0 Å². The monoisotopic (exact) mass is 508 g/mol. The number of nitrogens with zero attached hydrogens (tertiary/aromatic N) is 4. The molecule has 9 heteroatoms. The van der Waals surface area contributed by atoms with Crippen LogP contribution in [0.2, 0.25) is 10.0 Å². The van der Waals surface area contributed by atoms with Crippen LogP contribution in [-0.4, -0.2) is 37.7 Å². The van der Waals surface area contributed by atoms with E-state index < -0.39 is 0 Å². The van der Waals surface area contributed by atoms with E-state index in [-0.39, 0.29) is 18.0 Å². The molecule has 0 radical (unpaired) electrons. The minimum absolute atomic E-state index is 0.119. The predicted octanol–water partition coefficient (Wildman–Crippen LogP) is 5.89. The standard InChI is InChI=1S/C26H26Cl2N6O/c1-15-23-24(29-16(2)30-25(23)34(33-15)22-10-6-5-9-21(22)28)31-17-11-13-18(14-12-17)32-26(35)19-7-3-4-8-20(19)27/h3-10,17-18H,11-14H2,1-2H3,(H,32,35)(H,29,30,31). The van der Waals surface area contributed by atoms with Crippen molar-refractivity contribution in [2.24, 2.45) is 0 Å². The van der Waals surface area contributed by atoms with E-state index in [2.05, 4.69) is 15.6 Å². The highest BCUT2D eigenvalue weighted by atomic mass is 35.5. The highest BCUT2D eigenvalue weighted by Gasteiger charge is 2.25. The van der Waals surface area contributed by atoms with Crippen molar-refractivity contribution in [2.45, 2.75) is 51.6 Å². The average Bonchev–Trinajstić information content (AvgIpc) is 3.16. The number of halogens is 2. The first-order chi connectivity index (χ1) is 16.9. The number of carbonyl (C=O) groups excluding carboxylic acids is 1. The smallest absolute Gasteiger partial charge is 0.253 e. The lowest BCUT2D eigenvalue weighted by Crippen LogP contribution is -2.40. The van der Waals surface area contributed by atoms with Gasteiger partial charge < -0.3 is 10.6 Å². The number of hydrogen-bond donors (Lipinski definition) is 2. The second kappa shape index (κ2) is 9.84. The second-order valence-corrected chi connectivity index (χ2v) is 9.73. The minimum atomic E-state index is -0.122. The molecule has 5 rings (SSSR count). The molecule has 1 saturated carbocycles. The normalized spacial score (nSPS) is 17.9. The van der Waals surface area contributed by atoms with Crippen LogP contribution in [0.25, 0.3) is 16.7 Å². The summed E-state index contributed by atoms with van der Waals surface area (Å²) < 4.78 is 1.79. The summed E-state index contributed by atoms with van der Waals surface area (Å²) in [5, 5.41) is 13.5. The number of hydrogen-bond acceptors (Lipinski definition) is 5. The number of anilines is 1. The van der Waals surface area contributed by atoms with E-state index in [0.717, 1.165) is 53.9 Å². The fraction of sp³-hybridized carbons (Fsp3) is 0.308. The first-order valence-electron chi connectivity index (χ1n) is 11.7. The molecule has 0 aliphatic heterocycles. The van der Waals surface area contributed by atoms with Gasteiger partial charge in [0.05, 0.1) is 32.4 Å². The molecule has 0 atom stereocenters. The Kier molecular flexibility index (Phi) is 6.62. The van der Waals surface area contributed by atoms with E-state index in [1.54, 1.807) is 16.8 Å². The Morgan fingerprint density at radius 3 is 2.29 bits per heavy atom. The van der Waals surface area contributed by atoms with Crippen LogP contribution in [0.4, 0.5) is 5.82 Å². The van der Waals surface area contributed by atoms with Crippen LogP contribution < -0.4 is 10.6 Å². The van der Waals surface area contributed by atoms with Crippen LogP contribution in [0.1, 0.15) is 47.6 Å². The van der Waals surface area contributed by atoms with E-state index in [1.165, 1.54) is 0 Å². The molecule has 0 spiro atoms. The molecule has 4 aromatic rings. The van der Waals surface area contributed by atoms with Crippen molar-refractivity contribution in [1.82, 2.24) is 25.1 Å². The molecule has 1 amide bonds. The molecular formula is C26H26Cl2N6O. The number of amides is 1. The largest absolute Gasteiger partial charge is 0.367 e. The van der Waals surface area contributed by atoms with Gasteiger partial charge >= 0.3 is 0 Å². The van der Waals surface area contributed by atoms with Gasteiger partial charge in [0.2, 0.25) is 0 Å². The predicted molar refractivity (Wildman–Crippen MR) is 140 cm³/mol. The second-order valence-electron chi connectivity index (χ2n) is 8.91. The van der Waals surface area contributed by atoms with Crippen molar-refractivity contribution in [2.75, 3.05) is 5.32 Å². The molecule has 2 aromatic heterocycles. The third kappa shape index (κ3) is 4.83. The Hall–Kier alpha value is -3.16. The maximum atomic E-state index is 12.6. The van der Waals surface area contributed by atoms with Crippen molar-refractivity contribution >= 4 is 46.0 Å². The number of fused-ring (bicyclic) bond motifs is 1. The number of rotatable bonds is 5. The molecule has 1 fully saturated rings. The van der Waals surface area contributed by atoms with Gasteiger partial charge in [-0.15, -0.1) is 0 Å². The van der Waals surface area contributed by atoms with Gasteiger partial charge in [-0.1, -0.05) is 47.5 Å². The summed E-state index contributed by atoms with van der Waals surface area (Å²) >= 11 is 12.6. The highest BCUT2D eigenvalue weighted by Crippen LogP contribution is 2.31. The highest BCUT2D eigenvalue weighted by molar-refractivity contribution is 6.33. The molecule has 1 aliphatic carbocycles. The van der Waals surface area contributed by atoms with Gasteiger partial charge in [-0.05, 0) is 63.8 Å². The number of benzene rings is 2. The minimum Gasteiger partial charge on any atom is -0.367 e. The summed E-state index contributed by atoms with van der Waals surface area (Å²) in [5.41, 5.74) is 2.86. The summed E-state index contributed by atoms with van der Waals surface area (Å²) in [4.78, 5) is 22.0. The first-order valence-corrected chi connectivity index (χ1v) is 12.5. The Labute approximate surface area is 213 Å². The lowest BCUT2D eigenvalue weighted by atomic mass is 9.91. The zero-order chi connectivity index (χ0) is 24.5. The fourth-order valence-electron chi connectivity index (χ4n) is 4.67. The van der Waals surface area contributed by atoms with Crippen LogP contribution in [0.15, 0.2) is 48.5 Å². The van der Waals surface area contributed by atoms with E-state index in [1.807, 2.05) is 50.2 Å². The van der Waals surface area contributed by atoms with Crippen molar-refractivity contribution in [3.63, 3.8) is 0 Å². The van der Waals surface area contributed by atoms with Gasteiger partial charge in [0, 0.05) is 12.1 Å². The van der Waals surface area contributed by atoms with E-state index in [4.69, 9.17) is 33.3 Å². The molecule has 35 heavy (non-hydrogen) atoms. The molecule has 2 heterocycles. The van der Waals surface area contributed by atoms with Crippen molar-refractivity contribution in [3.8, 4) is 5.69 Å². The average molecular weight is 509 g/mol. The van der Waals surface area contributed by atoms with Crippen LogP contribution in [0.3, 0.4) is 0 Å². The van der Waals surface area contributed by atoms with Gasteiger partial charge in [0.25, 0.3) is 5.91 Å². The van der Waals surface area contributed by atoms with Gasteiger partial charge in [-0.25, -0.2) is 14.6 Å². The maximum absolute atomic E-state index is 12.6. The molecule has 0 saturated heterocycles. The maximum Gasteiger partial charge on any atom is 0.253 e. The van der Waals surface area contributed by atoms with Gasteiger partial charge in [0.1, 0.15) is 11.6 Å². The zero-order valence-electron chi connectivity index (χ0n) is 19.6. The third-order valence-corrected chi connectivity index (χ3v) is 7.07. The van der Waals surface area contributed by atoms with Gasteiger partial charge in [-0.3, -0.25) is 4.79 Å². The molecule has 2 aromatic carbocycles. The number of aryl methyl sites for hydroxylation is 2. The summed E-state index contributed by atoms with van der Waals surface area (Å²) in [7, 11) is 0. The van der Waals surface area contributed by atoms with Gasteiger partial charge in [-0.2, -0.15) is 5.10 Å². The van der Waals surface area contributed by atoms with Crippen molar-refractivity contribution in [3.05, 3.63) is 75.7 Å². The molecule has 7 nitrogen and oxygen atoms in total.